The Labute approximate surface area is 118 Å². The van der Waals surface area contributed by atoms with Gasteiger partial charge in [-0.1, -0.05) is 19.1 Å². The van der Waals surface area contributed by atoms with Crippen molar-refractivity contribution in [3.8, 4) is 17.0 Å². The Morgan fingerprint density at radius 1 is 1.16 bits per heavy atom. The van der Waals surface area contributed by atoms with Gasteiger partial charge in [-0.25, -0.2) is 0 Å². The Kier molecular flexibility index (Phi) is 4.32. The average Bonchev–Trinajstić information content (AvgIpc) is 2.44. The summed E-state index contributed by atoms with van der Waals surface area (Å²) in [4.78, 5) is 0. The lowest BCUT2D eigenvalue weighted by atomic mass is 10.0. The molecule has 0 bridgehead atoms. The van der Waals surface area contributed by atoms with Gasteiger partial charge in [-0.3, -0.25) is 5.10 Å². The summed E-state index contributed by atoms with van der Waals surface area (Å²) < 4.78 is 6.27. The van der Waals surface area contributed by atoms with Crippen molar-refractivity contribution in [3.63, 3.8) is 0 Å². The highest BCUT2D eigenvalue weighted by Gasteiger charge is 2.07. The molecule has 1 aromatic carbocycles. The van der Waals surface area contributed by atoms with E-state index in [0.29, 0.717) is 4.64 Å². The van der Waals surface area contributed by atoms with Crippen LogP contribution in [0.2, 0.25) is 0 Å². The first-order valence-electron chi connectivity index (χ1n) is 6.42. The minimum atomic E-state index is 0.698. The fourth-order valence-corrected chi connectivity index (χ4v) is 2.03. The molecule has 19 heavy (non-hydrogen) atoms. The van der Waals surface area contributed by atoms with Crippen LogP contribution in [0.1, 0.15) is 24.5 Å². The number of hydrogen-bond donors (Lipinski definition) is 1. The molecule has 2 aromatic rings. The topological polar surface area (TPSA) is 37.9 Å². The Balaban J connectivity index is 2.32. The molecule has 0 saturated heterocycles. The van der Waals surface area contributed by atoms with Crippen molar-refractivity contribution in [2.75, 3.05) is 6.61 Å². The molecular formula is C15H18N2OS. The fraction of sp³-hybridized carbons (Fsp3) is 0.333. The molecular weight excluding hydrogens is 256 g/mol. The SMILES string of the molecule is CCCOc1ccc(-c2n[nH]c(=S)c(C)c2C)cc1. The smallest absolute Gasteiger partial charge is 0.122 e. The molecule has 0 aliphatic heterocycles. The molecule has 0 aliphatic carbocycles. The van der Waals surface area contributed by atoms with Gasteiger partial charge in [0.05, 0.1) is 12.3 Å². The Hall–Kier alpha value is -1.68. The summed E-state index contributed by atoms with van der Waals surface area (Å²) in [7, 11) is 0. The second-order valence-corrected chi connectivity index (χ2v) is 4.93. The van der Waals surface area contributed by atoms with E-state index < -0.39 is 0 Å². The van der Waals surface area contributed by atoms with Gasteiger partial charge in [0, 0.05) is 5.56 Å². The van der Waals surface area contributed by atoms with Crippen LogP contribution in [0.4, 0.5) is 0 Å². The zero-order valence-electron chi connectivity index (χ0n) is 11.5. The maximum atomic E-state index is 5.57. The largest absolute Gasteiger partial charge is 0.494 e. The summed E-state index contributed by atoms with van der Waals surface area (Å²) in [6.07, 6.45) is 1.01. The van der Waals surface area contributed by atoms with Gasteiger partial charge in [-0.15, -0.1) is 0 Å². The van der Waals surface area contributed by atoms with Gasteiger partial charge in [0.1, 0.15) is 10.4 Å². The number of nitrogens with zero attached hydrogens (tertiary/aromatic N) is 1. The van der Waals surface area contributed by atoms with Gasteiger partial charge in [-0.05, 0) is 55.7 Å². The Morgan fingerprint density at radius 3 is 2.47 bits per heavy atom. The van der Waals surface area contributed by atoms with Crippen LogP contribution in [0, 0.1) is 18.5 Å². The number of rotatable bonds is 4. The van der Waals surface area contributed by atoms with Gasteiger partial charge in [-0.2, -0.15) is 5.10 Å². The van der Waals surface area contributed by atoms with Crippen LogP contribution in [0.5, 0.6) is 5.75 Å². The molecule has 4 heteroatoms. The lowest BCUT2D eigenvalue weighted by Crippen LogP contribution is -1.97. The number of hydrogen-bond acceptors (Lipinski definition) is 3. The number of benzene rings is 1. The Bertz CT molecular complexity index is 617. The maximum absolute atomic E-state index is 5.57. The van der Waals surface area contributed by atoms with Crippen molar-refractivity contribution in [2.24, 2.45) is 0 Å². The van der Waals surface area contributed by atoms with E-state index in [9.17, 15) is 0 Å². The lowest BCUT2D eigenvalue weighted by molar-refractivity contribution is 0.317. The molecule has 0 aliphatic rings. The summed E-state index contributed by atoms with van der Waals surface area (Å²) in [6.45, 7) is 6.89. The molecule has 0 spiro atoms. The minimum Gasteiger partial charge on any atom is -0.494 e. The fourth-order valence-electron chi connectivity index (χ4n) is 1.83. The molecule has 1 N–H and O–H groups in total. The van der Waals surface area contributed by atoms with Crippen LogP contribution < -0.4 is 4.74 Å². The minimum absolute atomic E-state index is 0.698. The Morgan fingerprint density at radius 2 is 1.84 bits per heavy atom. The summed E-state index contributed by atoms with van der Waals surface area (Å²) >= 11 is 5.18. The predicted molar refractivity (Wildman–Crippen MR) is 80.1 cm³/mol. The van der Waals surface area contributed by atoms with Crippen molar-refractivity contribution < 1.29 is 4.74 Å². The molecule has 1 heterocycles. The maximum Gasteiger partial charge on any atom is 0.122 e. The quantitative estimate of drug-likeness (QED) is 0.849. The highest BCUT2D eigenvalue weighted by Crippen LogP contribution is 2.24. The standard InChI is InChI=1S/C15H18N2OS/c1-4-9-18-13-7-5-12(6-8-13)14-10(2)11(3)15(19)17-16-14/h5-8H,4,9H2,1-3H3,(H,17,19). The normalized spacial score (nSPS) is 10.5. The van der Waals surface area contributed by atoms with Crippen LogP contribution in [0.3, 0.4) is 0 Å². The monoisotopic (exact) mass is 274 g/mol. The summed E-state index contributed by atoms with van der Waals surface area (Å²) in [6, 6.07) is 8.00. The molecule has 0 saturated carbocycles. The third kappa shape index (κ3) is 3.01. The predicted octanol–water partition coefficient (Wildman–Crippen LogP) is 4.21. The summed E-state index contributed by atoms with van der Waals surface area (Å²) in [5, 5.41) is 7.22. The molecule has 0 radical (unpaired) electrons. The van der Waals surface area contributed by atoms with Gasteiger partial charge in [0.15, 0.2) is 0 Å². The number of ether oxygens (including phenoxy) is 1. The zero-order chi connectivity index (χ0) is 13.8. The third-order valence-electron chi connectivity index (χ3n) is 3.13. The number of aromatic amines is 1. The van der Waals surface area contributed by atoms with E-state index in [0.717, 1.165) is 41.2 Å². The third-order valence-corrected chi connectivity index (χ3v) is 3.53. The van der Waals surface area contributed by atoms with Crippen LogP contribution in [0.25, 0.3) is 11.3 Å². The molecule has 0 amide bonds. The van der Waals surface area contributed by atoms with Crippen molar-refractivity contribution in [1.29, 1.82) is 0 Å². The molecule has 2 rings (SSSR count). The molecule has 100 valence electrons. The molecule has 0 fully saturated rings. The molecule has 0 unspecified atom stereocenters. The van der Waals surface area contributed by atoms with E-state index in [2.05, 4.69) is 17.1 Å². The lowest BCUT2D eigenvalue weighted by Gasteiger charge is -2.09. The summed E-state index contributed by atoms with van der Waals surface area (Å²) in [5.74, 6) is 0.892. The first-order valence-corrected chi connectivity index (χ1v) is 6.83. The highest BCUT2D eigenvalue weighted by atomic mass is 32.1. The van der Waals surface area contributed by atoms with E-state index in [-0.39, 0.29) is 0 Å². The van der Waals surface area contributed by atoms with Crippen molar-refractivity contribution in [2.45, 2.75) is 27.2 Å². The van der Waals surface area contributed by atoms with Crippen LogP contribution in [-0.2, 0) is 0 Å². The van der Waals surface area contributed by atoms with E-state index in [4.69, 9.17) is 17.0 Å². The van der Waals surface area contributed by atoms with Gasteiger partial charge >= 0.3 is 0 Å². The summed E-state index contributed by atoms with van der Waals surface area (Å²) in [5.41, 5.74) is 4.20. The average molecular weight is 274 g/mol. The van der Waals surface area contributed by atoms with E-state index in [1.54, 1.807) is 0 Å². The van der Waals surface area contributed by atoms with Crippen molar-refractivity contribution in [1.82, 2.24) is 10.2 Å². The molecule has 0 atom stereocenters. The van der Waals surface area contributed by atoms with Gasteiger partial charge < -0.3 is 4.74 Å². The van der Waals surface area contributed by atoms with Gasteiger partial charge in [0.2, 0.25) is 0 Å². The highest BCUT2D eigenvalue weighted by molar-refractivity contribution is 7.71. The van der Waals surface area contributed by atoms with Crippen LogP contribution in [-0.4, -0.2) is 16.8 Å². The van der Waals surface area contributed by atoms with Gasteiger partial charge in [0.25, 0.3) is 0 Å². The van der Waals surface area contributed by atoms with Crippen LogP contribution in [0.15, 0.2) is 24.3 Å². The number of H-pyrrole nitrogens is 1. The number of nitrogens with one attached hydrogen (secondary N) is 1. The van der Waals surface area contributed by atoms with Crippen molar-refractivity contribution in [3.05, 3.63) is 40.0 Å². The first kappa shape index (κ1) is 13.7. The van der Waals surface area contributed by atoms with Crippen LogP contribution >= 0.6 is 12.2 Å². The van der Waals surface area contributed by atoms with E-state index in [1.807, 2.05) is 38.1 Å². The number of aromatic nitrogens is 2. The van der Waals surface area contributed by atoms with Crippen molar-refractivity contribution >= 4 is 12.2 Å². The van der Waals surface area contributed by atoms with E-state index >= 15 is 0 Å². The second kappa shape index (κ2) is 5.97. The first-order chi connectivity index (χ1) is 9.13. The second-order valence-electron chi connectivity index (χ2n) is 4.52. The molecule has 1 aromatic heterocycles. The zero-order valence-corrected chi connectivity index (χ0v) is 12.3. The molecule has 3 nitrogen and oxygen atoms in total. The van der Waals surface area contributed by atoms with E-state index in [1.165, 1.54) is 0 Å².